The van der Waals surface area contributed by atoms with Gasteiger partial charge >= 0.3 is 5.97 Å². The van der Waals surface area contributed by atoms with Crippen LogP contribution < -0.4 is 10.1 Å². The van der Waals surface area contributed by atoms with Crippen LogP contribution >= 0.6 is 0 Å². The summed E-state index contributed by atoms with van der Waals surface area (Å²) < 4.78 is 23.9. The molecule has 5 heteroatoms. The number of carbonyl (C=O) groups excluding carboxylic acids is 1. The summed E-state index contributed by atoms with van der Waals surface area (Å²) in [5.41, 5.74) is 0.619. The molecule has 0 heterocycles. The zero-order valence-electron chi connectivity index (χ0n) is 12.2. The van der Waals surface area contributed by atoms with Crippen LogP contribution in [0, 0.1) is 5.82 Å². The first-order chi connectivity index (χ1) is 9.58. The van der Waals surface area contributed by atoms with Crippen molar-refractivity contribution < 1.29 is 18.7 Å². The molecular weight excluding hydrogens is 261 g/mol. The highest BCUT2D eigenvalue weighted by Crippen LogP contribution is 2.22. The molecule has 112 valence electrons. The minimum absolute atomic E-state index is 0.0339. The lowest BCUT2D eigenvalue weighted by atomic mass is 10.1. The average Bonchev–Trinajstić information content (AvgIpc) is 2.43. The highest BCUT2D eigenvalue weighted by molar-refractivity contribution is 5.69. The van der Waals surface area contributed by atoms with Gasteiger partial charge < -0.3 is 14.8 Å². The number of carbonyl (C=O) groups is 1. The second-order valence-corrected chi connectivity index (χ2v) is 4.49. The Labute approximate surface area is 119 Å². The molecule has 0 radical (unpaired) electrons. The Morgan fingerprint density at radius 2 is 2.20 bits per heavy atom. The van der Waals surface area contributed by atoms with Crippen LogP contribution in [0.5, 0.6) is 5.75 Å². The van der Waals surface area contributed by atoms with Gasteiger partial charge in [-0.25, -0.2) is 4.39 Å². The Morgan fingerprint density at radius 1 is 1.45 bits per heavy atom. The van der Waals surface area contributed by atoms with Gasteiger partial charge in [-0.2, -0.15) is 0 Å². The summed E-state index contributed by atoms with van der Waals surface area (Å²) in [7, 11) is 1.35. The van der Waals surface area contributed by atoms with Crippen LogP contribution in [0.3, 0.4) is 0 Å². The number of halogens is 1. The average molecular weight is 283 g/mol. The molecular formula is C15H22FNO3. The molecule has 1 rings (SSSR count). The van der Waals surface area contributed by atoms with Crippen molar-refractivity contribution >= 4 is 5.97 Å². The predicted molar refractivity (Wildman–Crippen MR) is 75.2 cm³/mol. The molecule has 0 bridgehead atoms. The Balaban J connectivity index is 2.49. The standard InChI is InChI=1S/C15H22FNO3/c1-4-17-11(2)13-8-7-12(10-14(13)16)20-9-5-6-15(18)19-3/h7-8,10-11,17H,4-6,9H2,1-3H3. The fraction of sp³-hybridized carbons (Fsp3) is 0.533. The zero-order chi connectivity index (χ0) is 15.0. The molecule has 20 heavy (non-hydrogen) atoms. The van der Waals surface area contributed by atoms with Crippen molar-refractivity contribution in [3.63, 3.8) is 0 Å². The molecule has 0 aliphatic rings. The molecule has 0 aliphatic carbocycles. The van der Waals surface area contributed by atoms with E-state index in [-0.39, 0.29) is 17.8 Å². The van der Waals surface area contributed by atoms with E-state index >= 15 is 0 Å². The maximum absolute atomic E-state index is 13.9. The second-order valence-electron chi connectivity index (χ2n) is 4.49. The summed E-state index contributed by atoms with van der Waals surface area (Å²) >= 11 is 0. The maximum Gasteiger partial charge on any atom is 0.305 e. The zero-order valence-corrected chi connectivity index (χ0v) is 12.2. The highest BCUT2D eigenvalue weighted by atomic mass is 19.1. The normalized spacial score (nSPS) is 12.0. The molecule has 1 N–H and O–H groups in total. The quantitative estimate of drug-likeness (QED) is 0.588. The fourth-order valence-corrected chi connectivity index (χ4v) is 1.87. The van der Waals surface area contributed by atoms with E-state index < -0.39 is 0 Å². The molecule has 0 aliphatic heterocycles. The van der Waals surface area contributed by atoms with Gasteiger partial charge in [0, 0.05) is 24.1 Å². The Hall–Kier alpha value is -1.62. The van der Waals surface area contributed by atoms with Gasteiger partial charge in [-0.3, -0.25) is 4.79 Å². The molecule has 1 aromatic carbocycles. The number of ether oxygens (including phenoxy) is 2. The maximum atomic E-state index is 13.9. The van der Waals surface area contributed by atoms with Crippen molar-refractivity contribution in [3.8, 4) is 5.75 Å². The van der Waals surface area contributed by atoms with Crippen LogP contribution in [0.1, 0.15) is 38.3 Å². The number of hydrogen-bond acceptors (Lipinski definition) is 4. The molecule has 0 saturated heterocycles. The number of nitrogens with one attached hydrogen (secondary N) is 1. The largest absolute Gasteiger partial charge is 0.493 e. The molecule has 1 unspecified atom stereocenters. The van der Waals surface area contributed by atoms with Gasteiger partial charge in [-0.1, -0.05) is 13.0 Å². The first-order valence-electron chi connectivity index (χ1n) is 6.81. The summed E-state index contributed by atoms with van der Waals surface area (Å²) in [6.07, 6.45) is 0.846. The first-order valence-corrected chi connectivity index (χ1v) is 6.81. The first kappa shape index (κ1) is 16.4. The van der Waals surface area contributed by atoms with Crippen LogP contribution in [0.25, 0.3) is 0 Å². The Kier molecular flexibility index (Phi) is 7.01. The number of methoxy groups -OCH3 is 1. The van der Waals surface area contributed by atoms with E-state index in [9.17, 15) is 9.18 Å². The van der Waals surface area contributed by atoms with Crippen molar-refractivity contribution in [2.75, 3.05) is 20.3 Å². The third-order valence-electron chi connectivity index (χ3n) is 2.97. The Morgan fingerprint density at radius 3 is 2.80 bits per heavy atom. The van der Waals surface area contributed by atoms with Crippen LogP contribution in [0.4, 0.5) is 4.39 Å². The van der Waals surface area contributed by atoms with Crippen LogP contribution in [-0.2, 0) is 9.53 Å². The van der Waals surface area contributed by atoms with Gasteiger partial charge in [0.2, 0.25) is 0 Å². The molecule has 0 aromatic heterocycles. The van der Waals surface area contributed by atoms with Crippen molar-refractivity contribution in [2.24, 2.45) is 0 Å². The molecule has 0 amide bonds. The SMILES string of the molecule is CCNC(C)c1ccc(OCCCC(=O)OC)cc1F. The lowest BCUT2D eigenvalue weighted by Gasteiger charge is -2.14. The van der Waals surface area contributed by atoms with Crippen molar-refractivity contribution in [1.82, 2.24) is 5.32 Å². The van der Waals surface area contributed by atoms with Crippen LogP contribution in [-0.4, -0.2) is 26.2 Å². The van der Waals surface area contributed by atoms with Gasteiger partial charge in [-0.05, 0) is 26.0 Å². The summed E-state index contributed by atoms with van der Waals surface area (Å²) in [5.74, 6) is -0.0849. The van der Waals surface area contributed by atoms with Gasteiger partial charge in [-0.15, -0.1) is 0 Å². The molecule has 0 saturated carbocycles. The third-order valence-corrected chi connectivity index (χ3v) is 2.97. The summed E-state index contributed by atoms with van der Waals surface area (Å²) in [5, 5.41) is 3.16. The lowest BCUT2D eigenvalue weighted by Crippen LogP contribution is -2.18. The summed E-state index contributed by atoms with van der Waals surface area (Å²) in [6, 6.07) is 4.80. The second kappa shape index (κ2) is 8.53. The predicted octanol–water partition coefficient (Wildman–Crippen LogP) is 2.83. The van der Waals surface area contributed by atoms with Crippen LogP contribution in [0.15, 0.2) is 18.2 Å². The van der Waals surface area contributed by atoms with E-state index in [1.165, 1.54) is 13.2 Å². The van der Waals surface area contributed by atoms with Crippen molar-refractivity contribution in [3.05, 3.63) is 29.6 Å². The van der Waals surface area contributed by atoms with E-state index in [0.29, 0.717) is 30.8 Å². The lowest BCUT2D eigenvalue weighted by molar-refractivity contribution is -0.140. The Bertz CT molecular complexity index is 437. The van der Waals surface area contributed by atoms with E-state index in [1.54, 1.807) is 12.1 Å². The van der Waals surface area contributed by atoms with Gasteiger partial charge in [0.05, 0.1) is 13.7 Å². The molecule has 1 aromatic rings. The number of benzene rings is 1. The monoisotopic (exact) mass is 283 g/mol. The van der Waals surface area contributed by atoms with Crippen molar-refractivity contribution in [1.29, 1.82) is 0 Å². The third kappa shape index (κ3) is 5.17. The minimum Gasteiger partial charge on any atom is -0.493 e. The summed E-state index contributed by atoms with van der Waals surface area (Å²) in [4.78, 5) is 10.9. The number of hydrogen-bond donors (Lipinski definition) is 1. The van der Waals surface area contributed by atoms with E-state index in [4.69, 9.17) is 4.74 Å². The molecule has 4 nitrogen and oxygen atoms in total. The topological polar surface area (TPSA) is 47.6 Å². The fourth-order valence-electron chi connectivity index (χ4n) is 1.87. The number of esters is 1. The molecule has 0 fully saturated rings. The minimum atomic E-state index is -0.288. The highest BCUT2D eigenvalue weighted by Gasteiger charge is 2.10. The summed E-state index contributed by atoms with van der Waals surface area (Å²) in [6.45, 7) is 5.04. The van der Waals surface area contributed by atoms with Crippen molar-refractivity contribution in [2.45, 2.75) is 32.7 Å². The smallest absolute Gasteiger partial charge is 0.305 e. The van der Waals surface area contributed by atoms with Gasteiger partial charge in [0.15, 0.2) is 0 Å². The number of rotatable bonds is 8. The molecule has 0 spiro atoms. The van der Waals surface area contributed by atoms with Gasteiger partial charge in [0.1, 0.15) is 11.6 Å². The molecule has 1 atom stereocenters. The van der Waals surface area contributed by atoms with E-state index in [1.807, 2.05) is 13.8 Å². The van der Waals surface area contributed by atoms with Crippen LogP contribution in [0.2, 0.25) is 0 Å². The van der Waals surface area contributed by atoms with E-state index in [0.717, 1.165) is 6.54 Å². The van der Waals surface area contributed by atoms with E-state index in [2.05, 4.69) is 10.1 Å². The van der Waals surface area contributed by atoms with Gasteiger partial charge in [0.25, 0.3) is 0 Å².